The smallest absolute Gasteiger partial charge is 0.432 e. The lowest BCUT2D eigenvalue weighted by Gasteiger charge is -2.31. The van der Waals surface area contributed by atoms with E-state index in [1.165, 1.54) is 17.4 Å². The predicted octanol–water partition coefficient (Wildman–Crippen LogP) is 6.30. The third-order valence-electron chi connectivity index (χ3n) is 6.68. The van der Waals surface area contributed by atoms with Crippen LogP contribution in [0.1, 0.15) is 66.0 Å². The molecule has 0 spiro atoms. The Labute approximate surface area is 263 Å². The number of piperidine rings is 1. The molecule has 4 rings (SSSR count). The van der Waals surface area contributed by atoms with Crippen molar-refractivity contribution in [2.75, 3.05) is 23.3 Å². The fourth-order valence-corrected chi connectivity index (χ4v) is 7.47. The molecule has 3 aromatic rings. The number of urea groups is 1. The van der Waals surface area contributed by atoms with Crippen LogP contribution in [0.2, 0.25) is 0 Å². The Morgan fingerprint density at radius 2 is 1.73 bits per heavy atom. The molecule has 44 heavy (non-hydrogen) atoms. The minimum absolute atomic E-state index is 0.0345. The highest BCUT2D eigenvalue weighted by molar-refractivity contribution is 7.89. The Morgan fingerprint density at radius 1 is 1.05 bits per heavy atom. The van der Waals surface area contributed by atoms with Gasteiger partial charge < -0.3 is 25.0 Å². The van der Waals surface area contributed by atoms with Crippen LogP contribution in [0.5, 0.6) is 0 Å². The maximum Gasteiger partial charge on any atom is 0.508 e. The van der Waals surface area contributed by atoms with E-state index in [1.807, 2.05) is 37.3 Å². The van der Waals surface area contributed by atoms with Crippen LogP contribution in [0.15, 0.2) is 59.6 Å². The van der Waals surface area contributed by atoms with Crippen molar-refractivity contribution in [1.29, 1.82) is 0 Å². The van der Waals surface area contributed by atoms with Gasteiger partial charge in [-0.1, -0.05) is 47.7 Å². The first-order chi connectivity index (χ1) is 20.7. The van der Waals surface area contributed by atoms with Crippen LogP contribution in [0.3, 0.4) is 0 Å². The lowest BCUT2D eigenvalue weighted by Crippen LogP contribution is -2.40. The standard InChI is InChI=1S/C31H41N5O6S2/c1-20(2)41-30(38)42-24-14-16-36(17-15-24)29-32-19-26(43-29)25-13-12-23(18-27(25)44(39,40)35-31(4,5)6)34-28(37)33-21(3)22-10-8-7-9-11-22/h7-13,18-21,24,35H,14-17H2,1-6H3,(H2,33,34,37)/t21-/m0/s1. The zero-order valence-corrected chi connectivity index (χ0v) is 27.6. The number of aromatic nitrogens is 1. The number of nitrogens with one attached hydrogen (secondary N) is 3. The number of thiazole rings is 1. The Kier molecular flexibility index (Phi) is 10.5. The van der Waals surface area contributed by atoms with Crippen molar-refractivity contribution in [3.8, 4) is 10.4 Å². The number of rotatable bonds is 9. The third kappa shape index (κ3) is 9.16. The summed E-state index contributed by atoms with van der Waals surface area (Å²) < 4.78 is 40.5. The van der Waals surface area contributed by atoms with Crippen molar-refractivity contribution in [2.45, 2.75) is 83.1 Å². The van der Waals surface area contributed by atoms with E-state index >= 15 is 0 Å². The summed E-state index contributed by atoms with van der Waals surface area (Å²) >= 11 is 1.38. The number of sulfonamides is 1. The van der Waals surface area contributed by atoms with Crippen LogP contribution in [-0.2, 0) is 19.5 Å². The second-order valence-electron chi connectivity index (χ2n) is 12.0. The summed E-state index contributed by atoms with van der Waals surface area (Å²) in [6.07, 6.45) is 1.79. The number of ether oxygens (including phenoxy) is 2. The molecule has 0 unspecified atom stereocenters. The van der Waals surface area contributed by atoms with Gasteiger partial charge in [0.25, 0.3) is 0 Å². The molecule has 0 saturated carbocycles. The van der Waals surface area contributed by atoms with Gasteiger partial charge in [-0.2, -0.15) is 0 Å². The number of hydrogen-bond donors (Lipinski definition) is 3. The molecule has 1 aliphatic heterocycles. The number of carbonyl (C=O) groups is 2. The quantitative estimate of drug-likeness (QED) is 0.231. The highest BCUT2D eigenvalue weighted by atomic mass is 32.2. The summed E-state index contributed by atoms with van der Waals surface area (Å²) in [5, 5.41) is 6.40. The molecule has 1 atom stereocenters. The maximum absolute atomic E-state index is 13.6. The average Bonchev–Trinajstić information content (AvgIpc) is 3.42. The molecule has 3 N–H and O–H groups in total. The van der Waals surface area contributed by atoms with E-state index in [0.717, 1.165) is 10.7 Å². The first kappa shape index (κ1) is 33.2. The topological polar surface area (TPSA) is 139 Å². The maximum atomic E-state index is 13.6. The van der Waals surface area contributed by atoms with E-state index < -0.39 is 27.7 Å². The normalized spacial score (nSPS) is 15.1. The Hall–Kier alpha value is -3.68. The van der Waals surface area contributed by atoms with Crippen molar-refractivity contribution in [2.24, 2.45) is 0 Å². The highest BCUT2D eigenvalue weighted by Gasteiger charge is 2.28. The molecule has 0 bridgehead atoms. The summed E-state index contributed by atoms with van der Waals surface area (Å²) in [4.78, 5) is 32.1. The lowest BCUT2D eigenvalue weighted by molar-refractivity contribution is 0.000628. The molecular formula is C31H41N5O6S2. The molecule has 2 heterocycles. The zero-order valence-electron chi connectivity index (χ0n) is 25.9. The summed E-state index contributed by atoms with van der Waals surface area (Å²) in [5.74, 6) is 0. The van der Waals surface area contributed by atoms with Crippen molar-refractivity contribution >= 4 is 44.4 Å². The van der Waals surface area contributed by atoms with Gasteiger partial charge in [-0.05, 0) is 59.2 Å². The summed E-state index contributed by atoms with van der Waals surface area (Å²) in [6, 6.07) is 13.7. The van der Waals surface area contributed by atoms with Gasteiger partial charge in [-0.25, -0.2) is 27.7 Å². The van der Waals surface area contributed by atoms with E-state index in [9.17, 15) is 18.0 Å². The minimum Gasteiger partial charge on any atom is -0.432 e. The molecule has 1 aliphatic rings. The molecule has 11 nitrogen and oxygen atoms in total. The largest absolute Gasteiger partial charge is 0.508 e. The lowest BCUT2D eigenvalue weighted by atomic mass is 10.1. The van der Waals surface area contributed by atoms with Crippen molar-refractivity contribution in [3.05, 3.63) is 60.3 Å². The van der Waals surface area contributed by atoms with E-state index in [-0.39, 0.29) is 23.1 Å². The monoisotopic (exact) mass is 643 g/mol. The minimum atomic E-state index is -3.98. The van der Waals surface area contributed by atoms with E-state index in [4.69, 9.17) is 9.47 Å². The summed E-state index contributed by atoms with van der Waals surface area (Å²) in [5.41, 5.74) is 1.03. The van der Waals surface area contributed by atoms with Gasteiger partial charge in [0.15, 0.2) is 5.13 Å². The molecule has 0 radical (unpaired) electrons. The molecule has 1 saturated heterocycles. The number of carbonyl (C=O) groups excluding carboxylic acids is 2. The van der Waals surface area contributed by atoms with E-state index in [2.05, 4.69) is 25.2 Å². The molecule has 2 amide bonds. The fourth-order valence-electron chi connectivity index (χ4n) is 4.73. The first-order valence-corrected chi connectivity index (χ1v) is 16.9. The van der Waals surface area contributed by atoms with Gasteiger partial charge in [0.2, 0.25) is 10.0 Å². The van der Waals surface area contributed by atoms with Gasteiger partial charge in [0.05, 0.1) is 21.9 Å². The first-order valence-electron chi connectivity index (χ1n) is 14.6. The molecule has 2 aromatic carbocycles. The third-order valence-corrected chi connectivity index (χ3v) is 9.57. The van der Waals surface area contributed by atoms with Crippen molar-refractivity contribution in [1.82, 2.24) is 15.0 Å². The van der Waals surface area contributed by atoms with Crippen LogP contribution >= 0.6 is 11.3 Å². The van der Waals surface area contributed by atoms with Gasteiger partial charge in [-0.15, -0.1) is 0 Å². The summed E-state index contributed by atoms with van der Waals surface area (Å²) in [7, 11) is -3.98. The van der Waals surface area contributed by atoms with E-state index in [0.29, 0.717) is 42.1 Å². The average molecular weight is 644 g/mol. The number of benzene rings is 2. The molecular weight excluding hydrogens is 603 g/mol. The van der Waals surface area contributed by atoms with Gasteiger partial charge in [0.1, 0.15) is 6.10 Å². The molecule has 1 aromatic heterocycles. The molecule has 238 valence electrons. The number of amides is 2. The van der Waals surface area contributed by atoms with Crippen LogP contribution < -0.4 is 20.3 Å². The number of nitrogens with zero attached hydrogens (tertiary/aromatic N) is 2. The van der Waals surface area contributed by atoms with Crippen LogP contribution in [0.4, 0.5) is 20.4 Å². The Morgan fingerprint density at radius 3 is 2.36 bits per heavy atom. The molecule has 0 aliphatic carbocycles. The van der Waals surface area contributed by atoms with Crippen molar-refractivity contribution in [3.63, 3.8) is 0 Å². The Bertz CT molecular complexity index is 1540. The second kappa shape index (κ2) is 14.0. The number of anilines is 2. The second-order valence-corrected chi connectivity index (χ2v) is 14.7. The molecule has 1 fully saturated rings. The fraction of sp³-hybridized carbons (Fsp3) is 0.452. The van der Waals surface area contributed by atoms with Gasteiger partial charge >= 0.3 is 12.2 Å². The Balaban J connectivity index is 1.52. The van der Waals surface area contributed by atoms with Gasteiger partial charge in [0, 0.05) is 48.9 Å². The predicted molar refractivity (Wildman–Crippen MR) is 173 cm³/mol. The zero-order chi connectivity index (χ0) is 32.1. The highest BCUT2D eigenvalue weighted by Crippen LogP contribution is 2.37. The summed E-state index contributed by atoms with van der Waals surface area (Å²) in [6.45, 7) is 12.0. The van der Waals surface area contributed by atoms with Crippen molar-refractivity contribution < 1.29 is 27.5 Å². The van der Waals surface area contributed by atoms with Crippen LogP contribution in [0, 0.1) is 0 Å². The number of hydrogen-bond acceptors (Lipinski definition) is 9. The SMILES string of the molecule is CC(C)OC(=O)OC1CCN(c2ncc(-c3ccc(NC(=O)N[C@@H](C)c4ccccc4)cc3S(=O)(=O)NC(C)(C)C)s2)CC1. The molecule has 13 heteroatoms. The van der Waals surface area contributed by atoms with Crippen LogP contribution in [-0.4, -0.2) is 56.4 Å². The van der Waals surface area contributed by atoms with E-state index in [1.54, 1.807) is 52.9 Å². The van der Waals surface area contributed by atoms with Crippen LogP contribution in [0.25, 0.3) is 10.4 Å². The van der Waals surface area contributed by atoms with Gasteiger partial charge in [-0.3, -0.25) is 0 Å².